The number of benzene rings is 1. The molecule has 0 spiro atoms. The van der Waals surface area contributed by atoms with Crippen molar-refractivity contribution in [2.24, 2.45) is 17.8 Å². The molecule has 0 aliphatic carbocycles. The molecule has 3 heterocycles. The van der Waals surface area contributed by atoms with E-state index in [1.54, 1.807) is 48.5 Å². The van der Waals surface area contributed by atoms with Crippen LogP contribution in [-0.4, -0.2) is 178 Å². The topological polar surface area (TPSA) is 204 Å². The number of alkyl halides is 3. The second-order valence-electron chi connectivity index (χ2n) is 20.6. The predicted molar refractivity (Wildman–Crippen MR) is 258 cm³/mol. The molecule has 3 aliphatic heterocycles. The highest BCUT2D eigenvalue weighted by Gasteiger charge is 2.53. The summed E-state index contributed by atoms with van der Waals surface area (Å²) in [6.45, 7) is 18.0. The zero-order chi connectivity index (χ0) is 52.1. The Morgan fingerprint density at radius 1 is 1.01 bits per heavy atom. The van der Waals surface area contributed by atoms with Gasteiger partial charge in [0, 0.05) is 56.9 Å². The highest BCUT2D eigenvalue weighted by molar-refractivity contribution is 7.80. The molecule has 1 aromatic rings. The molecule has 0 unspecified atom stereocenters. The van der Waals surface area contributed by atoms with Gasteiger partial charge in [0.25, 0.3) is 0 Å². The Balaban J connectivity index is 1.72. The molecule has 4 rings (SSSR count). The van der Waals surface area contributed by atoms with Crippen molar-refractivity contribution in [3.05, 3.63) is 28.8 Å². The standard InChI is InChI=1S/C48H80ClF3N4O12S/c1-14-35-47(10,62)39(58)29(6)56(19-15-18-53-44(69)54-31-16-17-33(49)32(21-31)48(50,51)52)24-25(2)22-45(8,61)41(68-43-37(57)34(55(11)12)20-26(3)64-43)27(4)38(28(5)42(60)66-35)67-36-23-46(9,63-13)40(59)30(7)65-36/h16-17,21,25-30,34-41,43,57-59,61-62H,14-15,18-20,22-24H2,1-13H3,(H2,53,54,69)/t25-,26-,27+,28-,29-,30+,34+,35-,36+,37-,38+,39-,40+,41-,43+,45-,46-,47-/m1/s1. The number of carbonyl (C=O) groups is 1. The van der Waals surface area contributed by atoms with E-state index in [9.17, 15) is 43.5 Å². The normalized spacial score (nSPS) is 40.4. The largest absolute Gasteiger partial charge is 0.459 e. The molecule has 0 amide bonds. The molecule has 3 aliphatic rings. The number of halogens is 4. The highest BCUT2D eigenvalue weighted by atomic mass is 35.5. The van der Waals surface area contributed by atoms with E-state index in [0.29, 0.717) is 19.4 Å². The van der Waals surface area contributed by atoms with E-state index in [0.717, 1.165) is 12.1 Å². The van der Waals surface area contributed by atoms with Crippen molar-refractivity contribution in [1.29, 1.82) is 0 Å². The Morgan fingerprint density at radius 3 is 2.26 bits per heavy atom. The van der Waals surface area contributed by atoms with Crippen molar-refractivity contribution in [2.45, 2.75) is 198 Å². The number of aliphatic hydroxyl groups excluding tert-OH is 3. The van der Waals surface area contributed by atoms with Crippen LogP contribution in [0.1, 0.15) is 107 Å². The molecule has 21 heteroatoms. The molecule has 3 fully saturated rings. The van der Waals surface area contributed by atoms with Gasteiger partial charge in [-0.05, 0) is 125 Å². The van der Waals surface area contributed by atoms with E-state index < -0.39 is 113 Å². The molecule has 0 radical (unpaired) electrons. The number of hydrogen-bond acceptors (Lipinski definition) is 15. The Hall–Kier alpha value is -2.02. The number of carbonyl (C=O) groups excluding carboxylic acids is 1. The zero-order valence-electron chi connectivity index (χ0n) is 42.5. The van der Waals surface area contributed by atoms with Gasteiger partial charge in [-0.25, -0.2) is 0 Å². The molecule has 1 aromatic carbocycles. The maximum absolute atomic E-state index is 14.5. The first kappa shape index (κ1) is 59.5. The second-order valence-corrected chi connectivity index (χ2v) is 21.5. The minimum absolute atomic E-state index is 0.0699. The number of likely N-dealkylation sites (N-methyl/N-ethyl adjacent to an activating group) is 1. The van der Waals surface area contributed by atoms with Gasteiger partial charge in [0.2, 0.25) is 0 Å². The summed E-state index contributed by atoms with van der Waals surface area (Å²) >= 11 is 11.2. The summed E-state index contributed by atoms with van der Waals surface area (Å²) in [7, 11) is 5.18. The fourth-order valence-corrected chi connectivity index (χ4v) is 10.8. The van der Waals surface area contributed by atoms with Crippen molar-refractivity contribution in [3.63, 3.8) is 0 Å². The highest BCUT2D eigenvalue weighted by Crippen LogP contribution is 2.41. The van der Waals surface area contributed by atoms with Crippen LogP contribution >= 0.6 is 23.8 Å². The van der Waals surface area contributed by atoms with Crippen molar-refractivity contribution in [2.75, 3.05) is 46.2 Å². The van der Waals surface area contributed by atoms with Crippen LogP contribution in [0.5, 0.6) is 0 Å². The Labute approximate surface area is 416 Å². The Morgan fingerprint density at radius 2 is 1.67 bits per heavy atom. The SMILES string of the molecule is CC[C@H]1OC(=O)[C@H](C)[C@@H](O[C@H]2C[C@@](C)(OC)[C@@H](O)[C@H](C)O2)[C@H](C)[C@@H](O[C@@H]2O[C@H](C)C[C@H](N(C)C)[C@H]2O)[C@](C)(O)C[C@@H](C)CN(CCCNC(=S)Nc2ccc(Cl)c(C(F)(F)F)c2)[C@H](C)[C@@H](O)[C@]1(C)O. The first-order valence-electron chi connectivity index (χ1n) is 24.1. The van der Waals surface area contributed by atoms with Crippen LogP contribution in [0.25, 0.3) is 0 Å². The van der Waals surface area contributed by atoms with Crippen LogP contribution in [0.15, 0.2) is 18.2 Å². The second kappa shape index (κ2) is 24.3. The molecular formula is C48H80ClF3N4O12S. The third kappa shape index (κ3) is 14.8. The minimum Gasteiger partial charge on any atom is -0.459 e. The number of thiocarbonyl (C=S) groups is 1. The molecular weight excluding hydrogens is 949 g/mol. The first-order chi connectivity index (χ1) is 31.9. The number of esters is 1. The summed E-state index contributed by atoms with van der Waals surface area (Å²) < 4.78 is 78.4. The number of aliphatic hydroxyl groups is 5. The average Bonchev–Trinajstić information content (AvgIpc) is 3.26. The molecule has 69 heavy (non-hydrogen) atoms. The van der Waals surface area contributed by atoms with Gasteiger partial charge in [-0.2, -0.15) is 13.2 Å². The van der Waals surface area contributed by atoms with E-state index in [2.05, 4.69) is 10.6 Å². The molecule has 16 nitrogen and oxygen atoms in total. The lowest BCUT2D eigenvalue weighted by Gasteiger charge is -2.48. The van der Waals surface area contributed by atoms with E-state index in [-0.39, 0.29) is 61.2 Å². The Bertz CT molecular complexity index is 1840. The predicted octanol–water partition coefficient (Wildman–Crippen LogP) is 5.32. The van der Waals surface area contributed by atoms with Gasteiger partial charge in [0.05, 0.1) is 52.1 Å². The summed E-state index contributed by atoms with van der Waals surface area (Å²) in [6.07, 6.45) is -13.8. The third-order valence-corrected chi connectivity index (χ3v) is 15.0. The van der Waals surface area contributed by atoms with E-state index >= 15 is 0 Å². The zero-order valence-corrected chi connectivity index (χ0v) is 44.0. The van der Waals surface area contributed by atoms with Gasteiger partial charge in [-0.15, -0.1) is 0 Å². The third-order valence-electron chi connectivity index (χ3n) is 14.5. The number of methoxy groups -OCH3 is 1. The van der Waals surface area contributed by atoms with Crippen LogP contribution < -0.4 is 10.6 Å². The van der Waals surface area contributed by atoms with Gasteiger partial charge in [0.15, 0.2) is 17.7 Å². The molecule has 0 bridgehead atoms. The lowest BCUT2D eigenvalue weighted by atomic mass is 9.77. The number of rotatable bonds is 12. The van der Waals surface area contributed by atoms with Crippen LogP contribution in [0.3, 0.4) is 0 Å². The molecule has 18 atom stereocenters. The first-order valence-corrected chi connectivity index (χ1v) is 24.8. The maximum atomic E-state index is 14.5. The molecule has 7 N–H and O–H groups in total. The van der Waals surface area contributed by atoms with Crippen LogP contribution in [0, 0.1) is 17.8 Å². The maximum Gasteiger partial charge on any atom is 0.417 e. The van der Waals surface area contributed by atoms with Crippen LogP contribution in [-0.2, 0) is 39.4 Å². The van der Waals surface area contributed by atoms with Gasteiger partial charge in [-0.1, -0.05) is 32.4 Å². The van der Waals surface area contributed by atoms with Crippen molar-refractivity contribution in [1.82, 2.24) is 15.1 Å². The summed E-state index contributed by atoms with van der Waals surface area (Å²) in [5, 5.41) is 65.3. The lowest BCUT2D eigenvalue weighted by Crippen LogP contribution is -2.60. The Kier molecular flexibility index (Phi) is 21.0. The number of ether oxygens (including phenoxy) is 6. The number of cyclic esters (lactones) is 1. The lowest BCUT2D eigenvalue weighted by molar-refractivity contribution is -0.318. The van der Waals surface area contributed by atoms with E-state index in [1.165, 1.54) is 20.1 Å². The molecule has 3 saturated heterocycles. The van der Waals surface area contributed by atoms with Gasteiger partial charge in [0.1, 0.15) is 30.0 Å². The quantitative estimate of drug-likeness (QED) is 0.0805. The molecule has 0 aromatic heterocycles. The van der Waals surface area contributed by atoms with E-state index in [1.807, 2.05) is 37.7 Å². The average molecular weight is 1030 g/mol. The monoisotopic (exact) mass is 1030 g/mol. The molecule has 0 saturated carbocycles. The van der Waals surface area contributed by atoms with Crippen LogP contribution in [0.2, 0.25) is 5.02 Å². The van der Waals surface area contributed by atoms with Gasteiger partial charge < -0.3 is 69.5 Å². The number of anilines is 1. The van der Waals surface area contributed by atoms with Gasteiger partial charge >= 0.3 is 12.1 Å². The minimum atomic E-state index is -4.66. The van der Waals surface area contributed by atoms with Crippen molar-refractivity contribution >= 4 is 40.6 Å². The van der Waals surface area contributed by atoms with Crippen molar-refractivity contribution in [3.8, 4) is 0 Å². The smallest absolute Gasteiger partial charge is 0.417 e. The fourth-order valence-electron chi connectivity index (χ4n) is 10.4. The van der Waals surface area contributed by atoms with Crippen LogP contribution in [0.4, 0.5) is 18.9 Å². The fraction of sp³-hybridized carbons (Fsp3) is 0.833. The number of hydrogen-bond donors (Lipinski definition) is 7. The van der Waals surface area contributed by atoms with E-state index in [4.69, 9.17) is 52.2 Å². The molecule has 398 valence electrons. The number of nitrogens with zero attached hydrogens (tertiary/aromatic N) is 2. The summed E-state index contributed by atoms with van der Waals surface area (Å²) in [5.74, 6) is -3.07. The summed E-state index contributed by atoms with van der Waals surface area (Å²) in [5.41, 5.74) is -5.69. The summed E-state index contributed by atoms with van der Waals surface area (Å²) in [4.78, 5) is 18.4. The number of nitrogens with one attached hydrogen (secondary N) is 2. The summed E-state index contributed by atoms with van der Waals surface area (Å²) in [6, 6.07) is 2.28. The van der Waals surface area contributed by atoms with Crippen molar-refractivity contribution < 1.29 is 71.9 Å². The van der Waals surface area contributed by atoms with Gasteiger partial charge in [-0.3, -0.25) is 9.69 Å².